The van der Waals surface area contributed by atoms with Gasteiger partial charge in [-0.1, -0.05) is 0 Å². The van der Waals surface area contributed by atoms with E-state index >= 15 is 0 Å². The lowest BCUT2D eigenvalue weighted by Gasteiger charge is -2.09. The Labute approximate surface area is 166 Å². The lowest BCUT2D eigenvalue weighted by atomic mass is 10.1. The third-order valence-corrected chi connectivity index (χ3v) is 5.85. The zero-order chi connectivity index (χ0) is 19.6. The van der Waals surface area contributed by atoms with Crippen molar-refractivity contribution in [2.45, 2.75) is 25.7 Å². The Morgan fingerprint density at radius 3 is 2.56 bits per heavy atom. The van der Waals surface area contributed by atoms with Gasteiger partial charge in [-0.25, -0.2) is 9.78 Å². The molecule has 0 radical (unpaired) electrons. The fourth-order valence-corrected chi connectivity index (χ4v) is 4.38. The van der Waals surface area contributed by atoms with Crippen LogP contribution in [0, 0.1) is 13.8 Å². The van der Waals surface area contributed by atoms with E-state index in [9.17, 15) is 9.59 Å². The topological polar surface area (TPSA) is 68.3 Å². The van der Waals surface area contributed by atoms with Crippen LogP contribution in [0.3, 0.4) is 0 Å². The van der Waals surface area contributed by atoms with Crippen LogP contribution in [0.5, 0.6) is 0 Å². The monoisotopic (exact) mass is 400 g/mol. The summed E-state index contributed by atoms with van der Waals surface area (Å²) in [5, 5.41) is 3.69. The van der Waals surface area contributed by atoms with Gasteiger partial charge in [0.05, 0.1) is 12.3 Å². The van der Waals surface area contributed by atoms with Gasteiger partial charge in [-0.05, 0) is 62.9 Å². The maximum absolute atomic E-state index is 12.8. The fraction of sp³-hybridized carbons (Fsp3) is 0.250. The van der Waals surface area contributed by atoms with Crippen LogP contribution in [-0.4, -0.2) is 29.7 Å². The molecule has 1 aromatic carbocycles. The van der Waals surface area contributed by atoms with Crippen LogP contribution in [0.15, 0.2) is 35.2 Å². The van der Waals surface area contributed by atoms with Crippen LogP contribution in [0.4, 0.5) is 5.69 Å². The molecule has 2 heterocycles. The van der Waals surface area contributed by atoms with E-state index in [1.807, 2.05) is 38.3 Å². The maximum Gasteiger partial charge on any atom is 0.350 e. The number of pyridine rings is 1. The minimum atomic E-state index is -0.453. The Morgan fingerprint density at radius 1 is 1.22 bits per heavy atom. The molecular weight excluding hydrogens is 380 g/mol. The van der Waals surface area contributed by atoms with Gasteiger partial charge in [0.2, 0.25) is 0 Å². The highest BCUT2D eigenvalue weighted by molar-refractivity contribution is 7.98. The summed E-state index contributed by atoms with van der Waals surface area (Å²) < 4.78 is 5.18. The number of fused-ring (bicyclic) bond motifs is 1. The summed E-state index contributed by atoms with van der Waals surface area (Å²) in [6, 6.07) is 9.28. The molecule has 1 N–H and O–H groups in total. The van der Waals surface area contributed by atoms with Crippen molar-refractivity contribution in [2.24, 2.45) is 0 Å². The molecule has 0 aliphatic heterocycles. The van der Waals surface area contributed by atoms with Crippen molar-refractivity contribution in [3.05, 3.63) is 52.0 Å². The highest BCUT2D eigenvalue weighted by atomic mass is 32.2. The van der Waals surface area contributed by atoms with Crippen molar-refractivity contribution >= 4 is 50.9 Å². The van der Waals surface area contributed by atoms with Crippen LogP contribution < -0.4 is 5.32 Å². The smallest absolute Gasteiger partial charge is 0.350 e. The molecule has 7 heteroatoms. The van der Waals surface area contributed by atoms with Gasteiger partial charge in [0.15, 0.2) is 0 Å². The van der Waals surface area contributed by atoms with E-state index in [1.165, 1.54) is 11.3 Å². The predicted octanol–water partition coefficient (Wildman–Crippen LogP) is 5.06. The maximum atomic E-state index is 12.8. The summed E-state index contributed by atoms with van der Waals surface area (Å²) in [7, 11) is 0. The normalized spacial score (nSPS) is 10.8. The molecule has 0 atom stereocenters. The number of nitrogens with zero attached hydrogens (tertiary/aromatic N) is 1. The molecule has 1 amide bonds. The van der Waals surface area contributed by atoms with Gasteiger partial charge in [-0.3, -0.25) is 4.79 Å². The number of hydrogen-bond donors (Lipinski definition) is 1. The number of aryl methyl sites for hydroxylation is 2. The number of thioether (sulfide) groups is 1. The number of benzene rings is 1. The van der Waals surface area contributed by atoms with Crippen LogP contribution in [0.1, 0.15) is 38.2 Å². The lowest BCUT2D eigenvalue weighted by Crippen LogP contribution is -2.14. The summed E-state index contributed by atoms with van der Waals surface area (Å²) in [5.41, 5.74) is 2.82. The highest BCUT2D eigenvalue weighted by Gasteiger charge is 2.23. The van der Waals surface area contributed by atoms with Crippen molar-refractivity contribution in [3.8, 4) is 0 Å². The van der Waals surface area contributed by atoms with E-state index in [4.69, 9.17) is 4.74 Å². The number of esters is 1. The van der Waals surface area contributed by atoms with Crippen molar-refractivity contribution in [3.63, 3.8) is 0 Å². The fourth-order valence-electron chi connectivity index (χ4n) is 2.83. The van der Waals surface area contributed by atoms with Gasteiger partial charge < -0.3 is 10.1 Å². The number of thiophene rings is 1. The molecule has 27 heavy (non-hydrogen) atoms. The first kappa shape index (κ1) is 19.4. The van der Waals surface area contributed by atoms with Crippen LogP contribution in [0.25, 0.3) is 10.2 Å². The van der Waals surface area contributed by atoms with Gasteiger partial charge in [-0.15, -0.1) is 23.1 Å². The van der Waals surface area contributed by atoms with Crippen molar-refractivity contribution < 1.29 is 14.3 Å². The first-order valence-corrected chi connectivity index (χ1v) is 10.5. The van der Waals surface area contributed by atoms with E-state index in [2.05, 4.69) is 10.3 Å². The van der Waals surface area contributed by atoms with Gasteiger partial charge in [0, 0.05) is 21.5 Å². The second-order valence-electron chi connectivity index (χ2n) is 5.97. The molecule has 0 fully saturated rings. The number of aromatic nitrogens is 1. The summed E-state index contributed by atoms with van der Waals surface area (Å²) in [6.45, 7) is 5.87. The predicted molar refractivity (Wildman–Crippen MR) is 111 cm³/mol. The molecule has 0 aliphatic rings. The number of carbonyl (C=O) groups excluding carboxylic acids is 2. The Balaban J connectivity index is 2.06. The third-order valence-electron chi connectivity index (χ3n) is 4.04. The molecule has 0 aliphatic carbocycles. The van der Waals surface area contributed by atoms with Gasteiger partial charge in [-0.2, -0.15) is 0 Å². The Kier molecular flexibility index (Phi) is 5.82. The molecule has 0 spiro atoms. The van der Waals surface area contributed by atoms with Crippen LogP contribution >= 0.6 is 23.1 Å². The molecule has 0 saturated heterocycles. The van der Waals surface area contributed by atoms with E-state index in [0.717, 1.165) is 21.5 Å². The molecule has 2 aromatic heterocycles. The van der Waals surface area contributed by atoms with Gasteiger partial charge in [0.25, 0.3) is 5.91 Å². The first-order chi connectivity index (χ1) is 12.9. The lowest BCUT2D eigenvalue weighted by molar-refractivity contribution is 0.0533. The van der Waals surface area contributed by atoms with Crippen molar-refractivity contribution in [1.29, 1.82) is 0 Å². The number of amides is 1. The standard InChI is InChI=1S/C20H20N2O3S2/c1-5-25-20(24)17-16(15-11(2)10-12(3)21-19(15)27-17)22-18(23)13-6-8-14(26-4)9-7-13/h6-10H,5H2,1-4H3,(H,22,23). The minimum Gasteiger partial charge on any atom is -0.462 e. The molecule has 0 saturated carbocycles. The quantitative estimate of drug-likeness (QED) is 0.479. The van der Waals surface area contributed by atoms with E-state index < -0.39 is 5.97 Å². The third kappa shape index (κ3) is 3.99. The molecule has 0 bridgehead atoms. The summed E-state index contributed by atoms with van der Waals surface area (Å²) >= 11 is 2.85. The average Bonchev–Trinajstić information content (AvgIpc) is 3.00. The summed E-state index contributed by atoms with van der Waals surface area (Å²) in [5.74, 6) is -0.724. The second kappa shape index (κ2) is 8.10. The van der Waals surface area contributed by atoms with Crippen molar-refractivity contribution in [1.82, 2.24) is 4.98 Å². The highest BCUT2D eigenvalue weighted by Crippen LogP contribution is 2.38. The first-order valence-electron chi connectivity index (χ1n) is 8.47. The van der Waals surface area contributed by atoms with Gasteiger partial charge >= 0.3 is 5.97 Å². The Morgan fingerprint density at radius 2 is 1.93 bits per heavy atom. The molecule has 140 valence electrons. The molecule has 3 aromatic rings. The van der Waals surface area contributed by atoms with E-state index in [-0.39, 0.29) is 12.5 Å². The molecular formula is C20H20N2O3S2. The number of ether oxygens (including phenoxy) is 1. The number of rotatable bonds is 5. The van der Waals surface area contributed by atoms with Gasteiger partial charge in [0.1, 0.15) is 9.71 Å². The SMILES string of the molecule is CCOC(=O)c1sc2nc(C)cc(C)c2c1NC(=O)c1ccc(SC)cc1. The number of nitrogens with one attached hydrogen (secondary N) is 1. The van der Waals surface area contributed by atoms with Crippen LogP contribution in [0.2, 0.25) is 0 Å². The zero-order valence-corrected chi connectivity index (χ0v) is 17.2. The molecule has 3 rings (SSSR count). The molecule has 0 unspecified atom stereocenters. The number of carbonyl (C=O) groups is 2. The summed E-state index contributed by atoms with van der Waals surface area (Å²) in [6.07, 6.45) is 1.98. The average molecular weight is 401 g/mol. The summed E-state index contributed by atoms with van der Waals surface area (Å²) in [4.78, 5) is 31.9. The Bertz CT molecular complexity index is 1010. The largest absolute Gasteiger partial charge is 0.462 e. The molecule has 5 nitrogen and oxygen atoms in total. The van der Waals surface area contributed by atoms with E-state index in [0.29, 0.717) is 21.0 Å². The van der Waals surface area contributed by atoms with Crippen molar-refractivity contribution in [2.75, 3.05) is 18.2 Å². The number of anilines is 1. The Hall–Kier alpha value is -2.38. The number of hydrogen-bond acceptors (Lipinski definition) is 6. The zero-order valence-electron chi connectivity index (χ0n) is 15.6. The second-order valence-corrected chi connectivity index (χ2v) is 7.85. The minimum absolute atomic E-state index is 0.266. The van der Waals surface area contributed by atoms with Crippen LogP contribution in [-0.2, 0) is 4.74 Å². The van der Waals surface area contributed by atoms with E-state index in [1.54, 1.807) is 30.8 Å².